The van der Waals surface area contributed by atoms with Crippen molar-refractivity contribution in [1.29, 1.82) is 0 Å². The maximum absolute atomic E-state index is 12.2. The minimum Gasteiger partial charge on any atom is -0.378 e. The number of H-pyrrole nitrogens is 1. The van der Waals surface area contributed by atoms with Gasteiger partial charge in [-0.15, -0.1) is 0 Å². The zero-order valence-corrected chi connectivity index (χ0v) is 11.3. The first-order valence-corrected chi connectivity index (χ1v) is 6.58. The van der Waals surface area contributed by atoms with E-state index >= 15 is 0 Å². The van der Waals surface area contributed by atoms with E-state index in [0.29, 0.717) is 25.5 Å². The number of para-hydroxylation sites is 1. The Hall–Kier alpha value is -1.92. The van der Waals surface area contributed by atoms with Crippen LogP contribution in [0.1, 0.15) is 16.9 Å². The molecule has 1 saturated heterocycles. The van der Waals surface area contributed by atoms with Crippen molar-refractivity contribution < 1.29 is 14.3 Å². The molecular formula is C14H17N3O3. The number of hydrogen-bond donors (Lipinski definition) is 2. The fourth-order valence-electron chi connectivity index (χ4n) is 2.42. The molecule has 3 rings (SSSR count). The number of methoxy groups -OCH3 is 1. The van der Waals surface area contributed by atoms with Crippen molar-refractivity contribution >= 4 is 16.8 Å². The molecular weight excluding hydrogens is 258 g/mol. The highest BCUT2D eigenvalue weighted by molar-refractivity contribution is 6.04. The highest BCUT2D eigenvalue weighted by Gasteiger charge is 2.35. The Morgan fingerprint density at radius 1 is 1.55 bits per heavy atom. The van der Waals surface area contributed by atoms with E-state index < -0.39 is 5.60 Å². The molecule has 1 unspecified atom stereocenters. The number of benzene rings is 1. The lowest BCUT2D eigenvalue weighted by atomic mass is 10.0. The molecule has 2 N–H and O–H groups in total. The van der Waals surface area contributed by atoms with Crippen LogP contribution in [0.3, 0.4) is 0 Å². The summed E-state index contributed by atoms with van der Waals surface area (Å²) in [5.41, 5.74) is 0.843. The van der Waals surface area contributed by atoms with Gasteiger partial charge in [0.25, 0.3) is 5.91 Å². The van der Waals surface area contributed by atoms with E-state index in [1.807, 2.05) is 24.3 Å². The molecule has 0 saturated carbocycles. The van der Waals surface area contributed by atoms with Crippen molar-refractivity contribution in [3.05, 3.63) is 30.0 Å². The van der Waals surface area contributed by atoms with Crippen molar-refractivity contribution in [3.63, 3.8) is 0 Å². The third-order valence-corrected chi connectivity index (χ3v) is 3.76. The van der Waals surface area contributed by atoms with Gasteiger partial charge in [0.2, 0.25) is 0 Å². The second kappa shape index (κ2) is 5.22. The van der Waals surface area contributed by atoms with Gasteiger partial charge in [-0.05, 0) is 6.07 Å². The van der Waals surface area contributed by atoms with Gasteiger partial charge in [-0.3, -0.25) is 9.89 Å². The van der Waals surface area contributed by atoms with E-state index in [9.17, 15) is 4.79 Å². The molecule has 1 aromatic heterocycles. The molecule has 6 nitrogen and oxygen atoms in total. The van der Waals surface area contributed by atoms with Gasteiger partial charge in [-0.25, -0.2) is 0 Å². The van der Waals surface area contributed by atoms with Crippen molar-refractivity contribution in [2.45, 2.75) is 12.0 Å². The Kier molecular flexibility index (Phi) is 3.42. The predicted molar refractivity (Wildman–Crippen MR) is 73.6 cm³/mol. The number of nitrogens with zero attached hydrogens (tertiary/aromatic N) is 1. The van der Waals surface area contributed by atoms with Gasteiger partial charge in [0, 0.05) is 32.1 Å². The topological polar surface area (TPSA) is 76.2 Å². The molecule has 106 valence electrons. The summed E-state index contributed by atoms with van der Waals surface area (Å²) in [4.78, 5) is 12.2. The number of carbonyl (C=O) groups excluding carboxylic acids is 1. The number of carbonyl (C=O) groups is 1. The summed E-state index contributed by atoms with van der Waals surface area (Å²) in [7, 11) is 1.64. The van der Waals surface area contributed by atoms with Crippen LogP contribution in [0, 0.1) is 0 Å². The van der Waals surface area contributed by atoms with Crippen LogP contribution in [0.5, 0.6) is 0 Å². The van der Waals surface area contributed by atoms with Gasteiger partial charge >= 0.3 is 0 Å². The minimum atomic E-state index is -0.415. The lowest BCUT2D eigenvalue weighted by Gasteiger charge is -2.25. The Morgan fingerprint density at radius 2 is 2.40 bits per heavy atom. The summed E-state index contributed by atoms with van der Waals surface area (Å²) in [5, 5.41) is 10.6. The fourth-order valence-corrected chi connectivity index (χ4v) is 2.42. The van der Waals surface area contributed by atoms with E-state index in [4.69, 9.17) is 9.47 Å². The molecule has 20 heavy (non-hydrogen) atoms. The van der Waals surface area contributed by atoms with E-state index in [1.54, 1.807) is 7.11 Å². The van der Waals surface area contributed by atoms with Gasteiger partial charge in [0.05, 0.1) is 12.1 Å². The van der Waals surface area contributed by atoms with E-state index in [-0.39, 0.29) is 5.91 Å². The number of rotatable bonds is 4. The van der Waals surface area contributed by atoms with Gasteiger partial charge in [0.1, 0.15) is 5.60 Å². The lowest BCUT2D eigenvalue weighted by Crippen LogP contribution is -2.45. The third kappa shape index (κ3) is 2.28. The second-order valence-corrected chi connectivity index (χ2v) is 4.99. The Balaban J connectivity index is 1.73. The Morgan fingerprint density at radius 3 is 3.15 bits per heavy atom. The molecule has 0 bridgehead atoms. The first kappa shape index (κ1) is 13.1. The average Bonchev–Trinajstić information content (AvgIpc) is 3.12. The molecule has 0 spiro atoms. The summed E-state index contributed by atoms with van der Waals surface area (Å²) < 4.78 is 10.8. The zero-order chi connectivity index (χ0) is 14.0. The van der Waals surface area contributed by atoms with Gasteiger partial charge in [-0.1, -0.05) is 18.2 Å². The second-order valence-electron chi connectivity index (χ2n) is 4.99. The molecule has 6 heteroatoms. The van der Waals surface area contributed by atoms with E-state index in [1.165, 1.54) is 0 Å². The maximum atomic E-state index is 12.2. The quantitative estimate of drug-likeness (QED) is 0.876. The first-order valence-electron chi connectivity index (χ1n) is 6.58. The summed E-state index contributed by atoms with van der Waals surface area (Å²) in [5.74, 6) is -0.203. The number of ether oxygens (including phenoxy) is 2. The fraction of sp³-hybridized carbons (Fsp3) is 0.429. The van der Waals surface area contributed by atoms with Crippen LogP contribution in [0.4, 0.5) is 0 Å². The van der Waals surface area contributed by atoms with Crippen LogP contribution < -0.4 is 5.32 Å². The highest BCUT2D eigenvalue weighted by Crippen LogP contribution is 2.22. The SMILES string of the molecule is COC1(CNC(=O)c2n[nH]c3ccccc23)CCOC1. The van der Waals surface area contributed by atoms with Crippen LogP contribution in [-0.2, 0) is 9.47 Å². The number of hydrogen-bond acceptors (Lipinski definition) is 4. The minimum absolute atomic E-state index is 0.203. The monoisotopic (exact) mass is 275 g/mol. The average molecular weight is 275 g/mol. The maximum Gasteiger partial charge on any atom is 0.272 e. The standard InChI is InChI=1S/C14H17N3O3/c1-19-14(6-7-20-9-14)8-15-13(18)12-10-4-2-3-5-11(10)16-17-12/h2-5H,6-9H2,1H3,(H,15,18)(H,16,17). The number of aromatic nitrogens is 2. The highest BCUT2D eigenvalue weighted by atomic mass is 16.5. The number of nitrogens with one attached hydrogen (secondary N) is 2. The normalized spacial score (nSPS) is 22.2. The molecule has 2 heterocycles. The van der Waals surface area contributed by atoms with E-state index in [0.717, 1.165) is 17.3 Å². The molecule has 1 amide bonds. The number of amides is 1. The molecule has 2 aromatic rings. The molecule has 1 fully saturated rings. The molecule has 0 radical (unpaired) electrons. The van der Waals surface area contributed by atoms with E-state index in [2.05, 4.69) is 15.5 Å². The largest absolute Gasteiger partial charge is 0.378 e. The lowest BCUT2D eigenvalue weighted by molar-refractivity contribution is -0.0149. The Labute approximate surface area is 116 Å². The van der Waals surface area contributed by atoms with Crippen molar-refractivity contribution in [1.82, 2.24) is 15.5 Å². The van der Waals surface area contributed by atoms with Crippen LogP contribution in [0.15, 0.2) is 24.3 Å². The van der Waals surface area contributed by atoms with Crippen LogP contribution >= 0.6 is 0 Å². The summed E-state index contributed by atoms with van der Waals surface area (Å²) >= 11 is 0. The smallest absolute Gasteiger partial charge is 0.272 e. The molecule has 0 aliphatic carbocycles. The third-order valence-electron chi connectivity index (χ3n) is 3.76. The van der Waals surface area contributed by atoms with Crippen molar-refractivity contribution in [2.24, 2.45) is 0 Å². The van der Waals surface area contributed by atoms with Gasteiger partial charge in [-0.2, -0.15) is 5.10 Å². The number of aromatic amines is 1. The molecule has 1 aromatic carbocycles. The molecule has 1 atom stereocenters. The van der Waals surface area contributed by atoms with Crippen LogP contribution in [-0.4, -0.2) is 48.6 Å². The summed E-state index contributed by atoms with van der Waals surface area (Å²) in [6.07, 6.45) is 0.783. The summed E-state index contributed by atoms with van der Waals surface area (Å²) in [6, 6.07) is 7.55. The van der Waals surface area contributed by atoms with Crippen LogP contribution in [0.2, 0.25) is 0 Å². The van der Waals surface area contributed by atoms with Crippen molar-refractivity contribution in [3.8, 4) is 0 Å². The summed E-state index contributed by atoms with van der Waals surface area (Å²) in [6.45, 7) is 1.59. The zero-order valence-electron chi connectivity index (χ0n) is 11.3. The molecule has 1 aliphatic heterocycles. The molecule has 1 aliphatic rings. The van der Waals surface area contributed by atoms with Gasteiger partial charge < -0.3 is 14.8 Å². The van der Waals surface area contributed by atoms with Crippen molar-refractivity contribution in [2.75, 3.05) is 26.9 Å². The first-order chi connectivity index (χ1) is 9.74. The number of fused-ring (bicyclic) bond motifs is 1. The predicted octanol–water partition coefficient (Wildman–Crippen LogP) is 1.10. The van der Waals surface area contributed by atoms with Gasteiger partial charge in [0.15, 0.2) is 5.69 Å². The van der Waals surface area contributed by atoms with Crippen LogP contribution in [0.25, 0.3) is 10.9 Å². The Bertz CT molecular complexity index is 617.